The monoisotopic (exact) mass is 258 g/mol. The summed E-state index contributed by atoms with van der Waals surface area (Å²) in [5, 5.41) is 7.47. The first kappa shape index (κ1) is 13.3. The van der Waals surface area contributed by atoms with E-state index in [1.54, 1.807) is 18.5 Å². The number of nitrogens with zero attached hydrogens (tertiary/aromatic N) is 2. The molecule has 2 rings (SSSR count). The molecule has 0 N–H and O–H groups in total. The van der Waals surface area contributed by atoms with Crippen LogP contribution in [0.25, 0.3) is 0 Å². The Morgan fingerprint density at radius 1 is 1.05 bits per heavy atom. The van der Waals surface area contributed by atoms with Gasteiger partial charge in [0.15, 0.2) is 0 Å². The quantitative estimate of drug-likeness (QED) is 0.798. The molecule has 0 aliphatic rings. The lowest BCUT2D eigenvalue weighted by molar-refractivity contribution is 0.268. The summed E-state index contributed by atoms with van der Waals surface area (Å²) in [4.78, 5) is 0. The molecule has 0 saturated carbocycles. The van der Waals surface area contributed by atoms with E-state index in [0.29, 0.717) is 18.3 Å². The zero-order valence-electron chi connectivity index (χ0n) is 11.2. The molecule has 4 heteroatoms. The number of hydrogen-bond acceptors (Lipinski definition) is 4. The number of aromatic nitrogens is 2. The highest BCUT2D eigenvalue weighted by Gasteiger charge is 2.00. The summed E-state index contributed by atoms with van der Waals surface area (Å²) in [5.41, 5.74) is 1.07. The van der Waals surface area contributed by atoms with Crippen molar-refractivity contribution >= 4 is 0 Å². The summed E-state index contributed by atoms with van der Waals surface area (Å²) >= 11 is 0. The maximum atomic E-state index is 5.68. The average Bonchev–Trinajstić information content (AvgIpc) is 2.44. The van der Waals surface area contributed by atoms with Crippen LogP contribution in [-0.4, -0.2) is 16.8 Å². The molecule has 0 aliphatic heterocycles. The first-order chi connectivity index (χ1) is 9.24. The number of benzene rings is 1. The van der Waals surface area contributed by atoms with Crippen molar-refractivity contribution in [3.63, 3.8) is 0 Å². The molecule has 100 valence electrons. The Balaban J connectivity index is 1.91. The third-order valence-electron chi connectivity index (χ3n) is 2.44. The molecule has 0 amide bonds. The summed E-state index contributed by atoms with van der Waals surface area (Å²) in [6.45, 7) is 5.47. The highest BCUT2D eigenvalue weighted by Crippen LogP contribution is 2.16. The highest BCUT2D eigenvalue weighted by molar-refractivity contribution is 5.28. The SMILES string of the molecule is CC(C)COc1cccc(COc2ccnnc2)c1. The minimum atomic E-state index is 0.491. The molecule has 0 radical (unpaired) electrons. The van der Waals surface area contributed by atoms with Crippen LogP contribution >= 0.6 is 0 Å². The van der Waals surface area contributed by atoms with Crippen molar-refractivity contribution in [3.05, 3.63) is 48.3 Å². The van der Waals surface area contributed by atoms with Crippen LogP contribution in [0.4, 0.5) is 0 Å². The zero-order chi connectivity index (χ0) is 13.5. The fourth-order valence-electron chi connectivity index (χ4n) is 1.52. The van der Waals surface area contributed by atoms with Gasteiger partial charge in [-0.15, -0.1) is 0 Å². The van der Waals surface area contributed by atoms with Gasteiger partial charge in [0.25, 0.3) is 0 Å². The Kier molecular flexibility index (Phi) is 4.72. The molecular weight excluding hydrogens is 240 g/mol. The van der Waals surface area contributed by atoms with Gasteiger partial charge in [-0.3, -0.25) is 0 Å². The smallest absolute Gasteiger partial charge is 0.141 e. The van der Waals surface area contributed by atoms with Crippen molar-refractivity contribution in [2.75, 3.05) is 6.61 Å². The van der Waals surface area contributed by atoms with E-state index in [0.717, 1.165) is 17.9 Å². The maximum Gasteiger partial charge on any atom is 0.141 e. The third-order valence-corrected chi connectivity index (χ3v) is 2.44. The minimum Gasteiger partial charge on any atom is -0.493 e. The van der Waals surface area contributed by atoms with E-state index >= 15 is 0 Å². The molecule has 1 heterocycles. The molecule has 0 unspecified atom stereocenters. The molecule has 0 spiro atoms. The molecule has 2 aromatic rings. The predicted octanol–water partition coefficient (Wildman–Crippen LogP) is 3.09. The van der Waals surface area contributed by atoms with Gasteiger partial charge in [-0.2, -0.15) is 10.2 Å². The van der Waals surface area contributed by atoms with Crippen LogP contribution in [0, 0.1) is 5.92 Å². The van der Waals surface area contributed by atoms with Crippen molar-refractivity contribution in [2.45, 2.75) is 20.5 Å². The van der Waals surface area contributed by atoms with Gasteiger partial charge in [0.1, 0.15) is 18.1 Å². The van der Waals surface area contributed by atoms with Gasteiger partial charge >= 0.3 is 0 Å². The van der Waals surface area contributed by atoms with Crippen molar-refractivity contribution < 1.29 is 9.47 Å². The van der Waals surface area contributed by atoms with Crippen LogP contribution in [0.15, 0.2) is 42.7 Å². The fourth-order valence-corrected chi connectivity index (χ4v) is 1.52. The van der Waals surface area contributed by atoms with E-state index in [2.05, 4.69) is 24.0 Å². The standard InChI is InChI=1S/C15H18N2O2/c1-12(2)10-18-14-5-3-4-13(8-14)11-19-15-6-7-16-17-9-15/h3-9,12H,10-11H2,1-2H3. The summed E-state index contributed by atoms with van der Waals surface area (Å²) in [7, 11) is 0. The van der Waals surface area contributed by atoms with Crippen LogP contribution in [0.2, 0.25) is 0 Å². The molecule has 1 aromatic carbocycles. The largest absolute Gasteiger partial charge is 0.493 e. The van der Waals surface area contributed by atoms with Crippen molar-refractivity contribution in [1.29, 1.82) is 0 Å². The van der Waals surface area contributed by atoms with E-state index in [1.165, 1.54) is 0 Å². The van der Waals surface area contributed by atoms with E-state index in [-0.39, 0.29) is 0 Å². The van der Waals surface area contributed by atoms with E-state index in [4.69, 9.17) is 9.47 Å². The van der Waals surface area contributed by atoms with Crippen LogP contribution in [0.1, 0.15) is 19.4 Å². The number of ether oxygens (including phenoxy) is 2. The Morgan fingerprint density at radius 2 is 1.95 bits per heavy atom. The minimum absolute atomic E-state index is 0.491. The molecule has 0 aliphatic carbocycles. The van der Waals surface area contributed by atoms with Crippen LogP contribution in [0.3, 0.4) is 0 Å². The van der Waals surface area contributed by atoms with E-state index in [1.807, 2.05) is 24.3 Å². The predicted molar refractivity (Wildman–Crippen MR) is 73.1 cm³/mol. The van der Waals surface area contributed by atoms with Gasteiger partial charge in [0, 0.05) is 6.07 Å². The fraction of sp³-hybridized carbons (Fsp3) is 0.333. The molecule has 0 fully saturated rings. The topological polar surface area (TPSA) is 44.2 Å². The lowest BCUT2D eigenvalue weighted by Crippen LogP contribution is -2.05. The highest BCUT2D eigenvalue weighted by atomic mass is 16.5. The lowest BCUT2D eigenvalue weighted by Gasteiger charge is -2.10. The Morgan fingerprint density at radius 3 is 2.68 bits per heavy atom. The second-order valence-corrected chi connectivity index (χ2v) is 4.72. The second-order valence-electron chi connectivity index (χ2n) is 4.72. The average molecular weight is 258 g/mol. The molecule has 4 nitrogen and oxygen atoms in total. The second kappa shape index (κ2) is 6.73. The summed E-state index contributed by atoms with van der Waals surface area (Å²) < 4.78 is 11.3. The summed E-state index contributed by atoms with van der Waals surface area (Å²) in [6.07, 6.45) is 3.20. The van der Waals surface area contributed by atoms with Crippen LogP contribution in [0.5, 0.6) is 11.5 Å². The maximum absolute atomic E-state index is 5.68. The molecular formula is C15H18N2O2. The van der Waals surface area contributed by atoms with Gasteiger partial charge < -0.3 is 9.47 Å². The van der Waals surface area contributed by atoms with Crippen LogP contribution in [-0.2, 0) is 6.61 Å². The lowest BCUT2D eigenvalue weighted by atomic mass is 10.2. The van der Waals surface area contributed by atoms with Gasteiger partial charge in [-0.1, -0.05) is 26.0 Å². The van der Waals surface area contributed by atoms with Crippen molar-refractivity contribution in [1.82, 2.24) is 10.2 Å². The Bertz CT molecular complexity index is 501. The van der Waals surface area contributed by atoms with Crippen molar-refractivity contribution in [2.24, 2.45) is 5.92 Å². The van der Waals surface area contributed by atoms with Gasteiger partial charge in [0.05, 0.1) is 19.0 Å². The molecule has 19 heavy (non-hydrogen) atoms. The normalized spacial score (nSPS) is 10.5. The third kappa shape index (κ3) is 4.58. The van der Waals surface area contributed by atoms with Gasteiger partial charge in [-0.05, 0) is 23.6 Å². The Hall–Kier alpha value is -2.10. The molecule has 0 saturated heterocycles. The Labute approximate surface area is 113 Å². The molecule has 0 atom stereocenters. The molecule has 1 aromatic heterocycles. The summed E-state index contributed by atoms with van der Waals surface area (Å²) in [6, 6.07) is 9.72. The summed E-state index contributed by atoms with van der Waals surface area (Å²) in [5.74, 6) is 2.11. The molecule has 0 bridgehead atoms. The van der Waals surface area contributed by atoms with Crippen LogP contribution < -0.4 is 9.47 Å². The zero-order valence-corrected chi connectivity index (χ0v) is 11.2. The van der Waals surface area contributed by atoms with E-state index < -0.39 is 0 Å². The first-order valence-electron chi connectivity index (χ1n) is 6.35. The van der Waals surface area contributed by atoms with Crippen molar-refractivity contribution in [3.8, 4) is 11.5 Å². The van der Waals surface area contributed by atoms with Gasteiger partial charge in [-0.25, -0.2) is 0 Å². The number of hydrogen-bond donors (Lipinski definition) is 0. The van der Waals surface area contributed by atoms with Gasteiger partial charge in [0.2, 0.25) is 0 Å². The first-order valence-corrected chi connectivity index (χ1v) is 6.35. The van der Waals surface area contributed by atoms with E-state index in [9.17, 15) is 0 Å². The number of rotatable bonds is 6.